The van der Waals surface area contributed by atoms with Gasteiger partial charge in [-0.15, -0.1) is 0 Å². The molecule has 0 bridgehead atoms. The van der Waals surface area contributed by atoms with E-state index in [0.29, 0.717) is 29.6 Å². The third-order valence-corrected chi connectivity index (χ3v) is 4.05. The largest absolute Gasteiger partial charge is 0.444 e. The molecule has 2 heterocycles. The first-order chi connectivity index (χ1) is 10.7. The maximum Gasteiger partial charge on any atom is 0.410 e. The molecule has 0 aromatic carbocycles. The van der Waals surface area contributed by atoms with Gasteiger partial charge >= 0.3 is 6.09 Å². The number of hydrogen-bond donors (Lipinski definition) is 2. The molecule has 2 rings (SSSR count). The highest BCUT2D eigenvalue weighted by Crippen LogP contribution is 2.25. The molecule has 1 saturated heterocycles. The van der Waals surface area contributed by atoms with Gasteiger partial charge in [-0.25, -0.2) is 9.78 Å². The molecule has 128 valence electrons. The number of ether oxygens (including phenoxy) is 1. The van der Waals surface area contributed by atoms with Crippen LogP contribution in [0.2, 0.25) is 5.02 Å². The van der Waals surface area contributed by atoms with E-state index in [1.165, 1.54) is 0 Å². The second-order valence-corrected chi connectivity index (χ2v) is 7.29. The number of nitrogens with two attached hydrogens (primary N) is 1. The second kappa shape index (κ2) is 6.83. The lowest BCUT2D eigenvalue weighted by Gasteiger charge is -2.34. The fourth-order valence-electron chi connectivity index (χ4n) is 2.44. The number of amides is 1. The molecule has 0 radical (unpaired) electrons. The summed E-state index contributed by atoms with van der Waals surface area (Å²) in [4.78, 5) is 18.2. The van der Waals surface area contributed by atoms with Crippen molar-refractivity contribution in [2.75, 3.05) is 24.1 Å². The van der Waals surface area contributed by atoms with E-state index in [0.717, 1.165) is 18.5 Å². The number of halogens is 1. The third kappa shape index (κ3) is 4.89. The van der Waals surface area contributed by atoms with Gasteiger partial charge in [0.1, 0.15) is 11.4 Å². The zero-order chi connectivity index (χ0) is 17.2. The van der Waals surface area contributed by atoms with Gasteiger partial charge in [-0.05, 0) is 46.6 Å². The van der Waals surface area contributed by atoms with Gasteiger partial charge in [0.15, 0.2) is 0 Å². The standard InChI is InChI=1S/C16H25ClN4O2/c1-10-12(17)9-13(18)14(19-10)20-11-5-7-21(8-6-11)15(22)23-16(2,3)4/h9,11H,5-8,18H2,1-4H3,(H,19,20). The number of rotatable bonds is 2. The molecule has 1 aromatic rings. The Labute approximate surface area is 142 Å². The van der Waals surface area contributed by atoms with E-state index in [9.17, 15) is 4.79 Å². The molecule has 0 saturated carbocycles. The van der Waals surface area contributed by atoms with Crippen molar-refractivity contribution in [3.63, 3.8) is 0 Å². The van der Waals surface area contributed by atoms with Crippen LogP contribution in [0.15, 0.2) is 6.07 Å². The van der Waals surface area contributed by atoms with Gasteiger partial charge in [0.25, 0.3) is 0 Å². The second-order valence-electron chi connectivity index (χ2n) is 6.88. The molecule has 23 heavy (non-hydrogen) atoms. The summed E-state index contributed by atoms with van der Waals surface area (Å²) in [6.45, 7) is 8.76. The van der Waals surface area contributed by atoms with Gasteiger partial charge in [-0.1, -0.05) is 11.6 Å². The molecule has 1 aliphatic heterocycles. The van der Waals surface area contributed by atoms with E-state index in [-0.39, 0.29) is 12.1 Å². The monoisotopic (exact) mass is 340 g/mol. The van der Waals surface area contributed by atoms with Gasteiger partial charge in [0.05, 0.1) is 16.4 Å². The quantitative estimate of drug-likeness (QED) is 0.862. The molecular formula is C16H25ClN4O2. The summed E-state index contributed by atoms with van der Waals surface area (Å²) < 4.78 is 5.40. The predicted molar refractivity (Wildman–Crippen MR) is 92.8 cm³/mol. The summed E-state index contributed by atoms with van der Waals surface area (Å²) in [7, 11) is 0. The third-order valence-electron chi connectivity index (χ3n) is 3.67. The molecule has 1 fully saturated rings. The number of nitrogens with one attached hydrogen (secondary N) is 1. The van der Waals surface area contributed by atoms with Gasteiger partial charge in [0.2, 0.25) is 0 Å². The lowest BCUT2D eigenvalue weighted by atomic mass is 10.1. The number of carbonyl (C=O) groups is 1. The Hall–Kier alpha value is -1.69. The van der Waals surface area contributed by atoms with Gasteiger partial charge in [-0.3, -0.25) is 0 Å². The Morgan fingerprint density at radius 3 is 2.61 bits per heavy atom. The number of likely N-dealkylation sites (tertiary alicyclic amines) is 1. The van der Waals surface area contributed by atoms with Crippen molar-refractivity contribution in [2.45, 2.75) is 52.2 Å². The van der Waals surface area contributed by atoms with Crippen molar-refractivity contribution in [3.8, 4) is 0 Å². The summed E-state index contributed by atoms with van der Waals surface area (Å²) >= 11 is 6.01. The first kappa shape index (κ1) is 17.7. The van der Waals surface area contributed by atoms with Crippen molar-refractivity contribution in [1.82, 2.24) is 9.88 Å². The van der Waals surface area contributed by atoms with Crippen molar-refractivity contribution in [3.05, 3.63) is 16.8 Å². The smallest absolute Gasteiger partial charge is 0.410 e. The molecule has 7 heteroatoms. The molecule has 0 aliphatic carbocycles. The van der Waals surface area contributed by atoms with Crippen molar-refractivity contribution < 1.29 is 9.53 Å². The minimum Gasteiger partial charge on any atom is -0.444 e. The van der Waals surface area contributed by atoms with Crippen LogP contribution in [-0.2, 0) is 4.74 Å². The maximum atomic E-state index is 12.1. The molecule has 0 spiro atoms. The van der Waals surface area contributed by atoms with Crippen molar-refractivity contribution >= 4 is 29.2 Å². The molecule has 1 amide bonds. The summed E-state index contributed by atoms with van der Waals surface area (Å²) in [5.74, 6) is 0.655. The van der Waals surface area contributed by atoms with Crippen LogP contribution >= 0.6 is 11.6 Å². The minimum atomic E-state index is -0.467. The molecule has 0 unspecified atom stereocenters. The zero-order valence-electron chi connectivity index (χ0n) is 14.1. The topological polar surface area (TPSA) is 80.5 Å². The van der Waals surface area contributed by atoms with E-state index in [1.54, 1.807) is 11.0 Å². The molecule has 1 aromatic heterocycles. The van der Waals surface area contributed by atoms with Gasteiger partial charge in [0, 0.05) is 19.1 Å². The lowest BCUT2D eigenvalue weighted by Crippen LogP contribution is -2.44. The number of aromatic nitrogens is 1. The zero-order valence-corrected chi connectivity index (χ0v) is 14.9. The minimum absolute atomic E-state index is 0.226. The molecular weight excluding hydrogens is 316 g/mol. The van der Waals surface area contributed by atoms with Crippen LogP contribution in [-0.4, -0.2) is 40.7 Å². The van der Waals surface area contributed by atoms with E-state index in [4.69, 9.17) is 22.1 Å². The SMILES string of the molecule is Cc1nc(NC2CCN(C(=O)OC(C)(C)C)CC2)c(N)cc1Cl. The summed E-state index contributed by atoms with van der Waals surface area (Å²) in [6.07, 6.45) is 1.39. The van der Waals surface area contributed by atoms with E-state index >= 15 is 0 Å². The van der Waals surface area contributed by atoms with E-state index < -0.39 is 5.60 Å². The summed E-state index contributed by atoms with van der Waals surface area (Å²) in [6, 6.07) is 1.94. The number of carbonyl (C=O) groups excluding carboxylic acids is 1. The average molecular weight is 341 g/mol. The Balaban J connectivity index is 1.90. The number of pyridine rings is 1. The summed E-state index contributed by atoms with van der Waals surface area (Å²) in [5, 5.41) is 3.91. The van der Waals surface area contributed by atoms with Crippen LogP contribution in [0.1, 0.15) is 39.3 Å². The first-order valence-corrected chi connectivity index (χ1v) is 8.20. The van der Waals surface area contributed by atoms with E-state index in [1.807, 2.05) is 27.7 Å². The maximum absolute atomic E-state index is 12.1. The number of nitrogen functional groups attached to an aromatic ring is 1. The van der Waals surface area contributed by atoms with Crippen LogP contribution in [0.25, 0.3) is 0 Å². The van der Waals surface area contributed by atoms with Crippen LogP contribution in [0.5, 0.6) is 0 Å². The number of aryl methyl sites for hydroxylation is 1. The van der Waals surface area contributed by atoms with Crippen molar-refractivity contribution in [2.24, 2.45) is 0 Å². The van der Waals surface area contributed by atoms with Crippen LogP contribution in [0.4, 0.5) is 16.3 Å². The number of piperidine rings is 1. The molecule has 1 aliphatic rings. The van der Waals surface area contributed by atoms with Crippen LogP contribution in [0, 0.1) is 6.92 Å². The number of nitrogens with zero attached hydrogens (tertiary/aromatic N) is 2. The average Bonchev–Trinajstić information content (AvgIpc) is 2.43. The van der Waals surface area contributed by atoms with Gasteiger partial charge in [-0.2, -0.15) is 0 Å². The van der Waals surface area contributed by atoms with E-state index in [2.05, 4.69) is 10.3 Å². The molecule has 3 N–H and O–H groups in total. The Kier molecular flexibility index (Phi) is 5.24. The normalized spacial score (nSPS) is 16.3. The van der Waals surface area contributed by atoms with Gasteiger partial charge < -0.3 is 20.7 Å². The number of anilines is 2. The predicted octanol–water partition coefficient (Wildman–Crippen LogP) is 3.44. The Morgan fingerprint density at radius 1 is 1.43 bits per heavy atom. The highest BCUT2D eigenvalue weighted by molar-refractivity contribution is 6.31. The molecule has 6 nitrogen and oxygen atoms in total. The highest BCUT2D eigenvalue weighted by atomic mass is 35.5. The van der Waals surface area contributed by atoms with Crippen LogP contribution in [0.3, 0.4) is 0 Å². The van der Waals surface area contributed by atoms with Crippen LogP contribution < -0.4 is 11.1 Å². The highest BCUT2D eigenvalue weighted by Gasteiger charge is 2.27. The lowest BCUT2D eigenvalue weighted by molar-refractivity contribution is 0.0210. The molecule has 0 atom stereocenters. The summed E-state index contributed by atoms with van der Waals surface area (Å²) in [5.41, 5.74) is 6.77. The number of hydrogen-bond acceptors (Lipinski definition) is 5. The fraction of sp³-hybridized carbons (Fsp3) is 0.625. The first-order valence-electron chi connectivity index (χ1n) is 7.83. The Bertz CT molecular complexity index is 578. The Morgan fingerprint density at radius 2 is 2.04 bits per heavy atom. The fourth-order valence-corrected chi connectivity index (χ4v) is 2.60. The van der Waals surface area contributed by atoms with Crippen molar-refractivity contribution in [1.29, 1.82) is 0 Å².